The van der Waals surface area contributed by atoms with Crippen LogP contribution in [-0.4, -0.2) is 29.1 Å². The monoisotopic (exact) mass is 242 g/mol. The number of carbonyl (C=O) groups excluding carboxylic acids is 1. The second-order valence-corrected chi connectivity index (χ2v) is 4.97. The number of carboxylic acid groups (broad SMARTS) is 1. The number of aliphatic carboxylic acids is 1. The summed E-state index contributed by atoms with van der Waals surface area (Å²) in [6.45, 7) is 3.94. The van der Waals surface area contributed by atoms with E-state index in [0.717, 1.165) is 12.8 Å². The average molecular weight is 242 g/mol. The van der Waals surface area contributed by atoms with E-state index in [-0.39, 0.29) is 23.8 Å². The maximum atomic E-state index is 11.8. The van der Waals surface area contributed by atoms with Gasteiger partial charge < -0.3 is 16.2 Å². The molecule has 5 nitrogen and oxygen atoms in total. The van der Waals surface area contributed by atoms with Crippen molar-refractivity contribution in [3.05, 3.63) is 0 Å². The van der Waals surface area contributed by atoms with E-state index in [1.807, 2.05) is 13.8 Å². The summed E-state index contributed by atoms with van der Waals surface area (Å²) in [6, 6.07) is -0.525. The van der Waals surface area contributed by atoms with Crippen LogP contribution in [0.3, 0.4) is 0 Å². The minimum atomic E-state index is -0.770. The number of amides is 1. The predicted molar refractivity (Wildman–Crippen MR) is 64.3 cm³/mol. The van der Waals surface area contributed by atoms with Crippen molar-refractivity contribution in [2.75, 3.05) is 0 Å². The fraction of sp³-hybridized carbons (Fsp3) is 0.833. The van der Waals surface area contributed by atoms with E-state index in [4.69, 9.17) is 10.8 Å². The molecule has 1 saturated carbocycles. The molecule has 1 aliphatic rings. The van der Waals surface area contributed by atoms with Crippen molar-refractivity contribution in [3.8, 4) is 0 Å². The molecule has 1 unspecified atom stereocenters. The third-order valence-corrected chi connectivity index (χ3v) is 3.69. The van der Waals surface area contributed by atoms with Gasteiger partial charge in [-0.15, -0.1) is 0 Å². The normalized spacial score (nSPS) is 27.5. The highest BCUT2D eigenvalue weighted by Gasteiger charge is 2.31. The molecule has 17 heavy (non-hydrogen) atoms. The van der Waals surface area contributed by atoms with Gasteiger partial charge in [-0.25, -0.2) is 0 Å². The summed E-state index contributed by atoms with van der Waals surface area (Å²) in [7, 11) is 0. The molecule has 1 fully saturated rings. The largest absolute Gasteiger partial charge is 0.481 e. The lowest BCUT2D eigenvalue weighted by molar-refractivity contribution is -0.141. The Bertz CT molecular complexity index is 293. The Morgan fingerprint density at radius 2 is 2.12 bits per heavy atom. The zero-order valence-corrected chi connectivity index (χ0v) is 10.5. The Balaban J connectivity index is 2.40. The van der Waals surface area contributed by atoms with Gasteiger partial charge >= 0.3 is 5.97 Å². The molecule has 4 N–H and O–H groups in total. The first kappa shape index (κ1) is 14.0. The van der Waals surface area contributed by atoms with E-state index < -0.39 is 12.0 Å². The Labute approximate surface area is 102 Å². The van der Waals surface area contributed by atoms with E-state index in [1.165, 1.54) is 0 Å². The molecule has 5 heteroatoms. The van der Waals surface area contributed by atoms with Crippen LogP contribution in [0, 0.1) is 11.8 Å². The minimum absolute atomic E-state index is 0.0290. The number of rotatable bonds is 5. The van der Waals surface area contributed by atoms with Crippen molar-refractivity contribution in [2.24, 2.45) is 17.6 Å². The number of hydrogen-bond acceptors (Lipinski definition) is 3. The van der Waals surface area contributed by atoms with E-state index >= 15 is 0 Å². The predicted octanol–water partition coefficient (Wildman–Crippen LogP) is 0.729. The van der Waals surface area contributed by atoms with Gasteiger partial charge in [-0.3, -0.25) is 9.59 Å². The van der Waals surface area contributed by atoms with Crippen LogP contribution in [0.15, 0.2) is 0 Å². The molecule has 98 valence electrons. The van der Waals surface area contributed by atoms with Crippen molar-refractivity contribution in [1.29, 1.82) is 0 Å². The van der Waals surface area contributed by atoms with E-state index in [2.05, 4.69) is 5.32 Å². The summed E-state index contributed by atoms with van der Waals surface area (Å²) in [5.74, 6) is -1.10. The van der Waals surface area contributed by atoms with Crippen LogP contribution in [-0.2, 0) is 9.59 Å². The Kier molecular flexibility index (Phi) is 4.93. The lowest BCUT2D eigenvalue weighted by Gasteiger charge is -2.20. The SMILES string of the molecule is CCC(C)[C@H](N)C(=O)N[C@H]1CC[C@@H](C(=O)O)C1. The molecule has 0 aromatic carbocycles. The van der Waals surface area contributed by atoms with Crippen molar-refractivity contribution < 1.29 is 14.7 Å². The van der Waals surface area contributed by atoms with Crippen LogP contribution in [0.2, 0.25) is 0 Å². The second kappa shape index (κ2) is 6.00. The van der Waals surface area contributed by atoms with Gasteiger partial charge in [0.05, 0.1) is 12.0 Å². The van der Waals surface area contributed by atoms with Crippen LogP contribution >= 0.6 is 0 Å². The molecule has 0 saturated heterocycles. The maximum absolute atomic E-state index is 11.8. The second-order valence-electron chi connectivity index (χ2n) is 4.97. The highest BCUT2D eigenvalue weighted by molar-refractivity contribution is 5.82. The van der Waals surface area contributed by atoms with E-state index in [9.17, 15) is 9.59 Å². The van der Waals surface area contributed by atoms with Crippen molar-refractivity contribution in [2.45, 2.75) is 51.6 Å². The third kappa shape index (κ3) is 3.70. The zero-order valence-electron chi connectivity index (χ0n) is 10.5. The molecule has 0 aliphatic heterocycles. The Morgan fingerprint density at radius 1 is 1.47 bits per heavy atom. The number of hydrogen-bond donors (Lipinski definition) is 3. The van der Waals surface area contributed by atoms with Crippen molar-refractivity contribution in [3.63, 3.8) is 0 Å². The number of nitrogens with one attached hydrogen (secondary N) is 1. The molecule has 0 heterocycles. The van der Waals surface area contributed by atoms with Crippen LogP contribution in [0.4, 0.5) is 0 Å². The minimum Gasteiger partial charge on any atom is -0.481 e. The summed E-state index contributed by atoms with van der Waals surface area (Å²) < 4.78 is 0. The number of carbonyl (C=O) groups is 2. The van der Waals surface area contributed by atoms with Gasteiger partial charge in [-0.1, -0.05) is 20.3 Å². The summed E-state index contributed by atoms with van der Waals surface area (Å²) in [5.41, 5.74) is 5.82. The zero-order chi connectivity index (χ0) is 13.0. The van der Waals surface area contributed by atoms with Crippen molar-refractivity contribution >= 4 is 11.9 Å². The lowest BCUT2D eigenvalue weighted by Crippen LogP contribution is -2.47. The lowest BCUT2D eigenvalue weighted by atomic mass is 9.99. The molecule has 0 radical (unpaired) electrons. The highest BCUT2D eigenvalue weighted by Crippen LogP contribution is 2.25. The molecule has 0 aromatic rings. The fourth-order valence-electron chi connectivity index (χ4n) is 2.15. The molecule has 0 spiro atoms. The molecule has 1 amide bonds. The summed E-state index contributed by atoms with van der Waals surface area (Å²) >= 11 is 0. The molecule has 1 rings (SSSR count). The van der Waals surface area contributed by atoms with Gasteiger partial charge in [0, 0.05) is 6.04 Å². The topological polar surface area (TPSA) is 92.4 Å². The van der Waals surface area contributed by atoms with Crippen LogP contribution in [0.25, 0.3) is 0 Å². The Morgan fingerprint density at radius 3 is 2.59 bits per heavy atom. The van der Waals surface area contributed by atoms with Gasteiger partial charge in [0.15, 0.2) is 0 Å². The van der Waals surface area contributed by atoms with Gasteiger partial charge in [0.25, 0.3) is 0 Å². The first-order chi connectivity index (χ1) is 7.95. The van der Waals surface area contributed by atoms with Crippen molar-refractivity contribution in [1.82, 2.24) is 5.32 Å². The fourth-order valence-corrected chi connectivity index (χ4v) is 2.15. The van der Waals surface area contributed by atoms with Gasteiger partial charge in [-0.05, 0) is 25.2 Å². The average Bonchev–Trinajstić information content (AvgIpc) is 2.75. The first-order valence-corrected chi connectivity index (χ1v) is 6.24. The first-order valence-electron chi connectivity index (χ1n) is 6.24. The van der Waals surface area contributed by atoms with Crippen LogP contribution in [0.5, 0.6) is 0 Å². The Hall–Kier alpha value is -1.10. The summed E-state index contributed by atoms with van der Waals surface area (Å²) in [5, 5.41) is 11.7. The molecular formula is C12H22N2O3. The molecule has 0 bridgehead atoms. The molecule has 0 aromatic heterocycles. The summed E-state index contributed by atoms with van der Waals surface area (Å²) in [4.78, 5) is 22.6. The number of carboxylic acids is 1. The van der Waals surface area contributed by atoms with Crippen LogP contribution < -0.4 is 11.1 Å². The smallest absolute Gasteiger partial charge is 0.306 e. The van der Waals surface area contributed by atoms with Gasteiger partial charge in [-0.2, -0.15) is 0 Å². The highest BCUT2D eigenvalue weighted by atomic mass is 16.4. The van der Waals surface area contributed by atoms with Crippen LogP contribution in [0.1, 0.15) is 39.5 Å². The number of nitrogens with two attached hydrogens (primary N) is 1. The van der Waals surface area contributed by atoms with E-state index in [1.54, 1.807) is 0 Å². The van der Waals surface area contributed by atoms with Gasteiger partial charge in [0.1, 0.15) is 0 Å². The standard InChI is InChI=1S/C12H22N2O3/c1-3-7(2)10(13)11(15)14-9-5-4-8(6-9)12(16)17/h7-10H,3-6,13H2,1-2H3,(H,14,15)(H,16,17)/t7?,8-,9+,10+/m1/s1. The van der Waals surface area contributed by atoms with Gasteiger partial charge in [0.2, 0.25) is 5.91 Å². The molecule has 1 aliphatic carbocycles. The molecular weight excluding hydrogens is 220 g/mol. The maximum Gasteiger partial charge on any atom is 0.306 e. The molecule has 4 atom stereocenters. The van der Waals surface area contributed by atoms with E-state index in [0.29, 0.717) is 12.8 Å². The summed E-state index contributed by atoms with van der Waals surface area (Å²) in [6.07, 6.45) is 2.75. The quantitative estimate of drug-likeness (QED) is 0.662. The third-order valence-electron chi connectivity index (χ3n) is 3.69.